The van der Waals surface area contributed by atoms with E-state index in [2.05, 4.69) is 0 Å². The molecule has 2 aromatic rings. The van der Waals surface area contributed by atoms with Crippen molar-refractivity contribution in [1.29, 1.82) is 5.26 Å². The van der Waals surface area contributed by atoms with E-state index < -0.39 is 9.84 Å². The minimum atomic E-state index is -3.54. The topological polar surface area (TPSA) is 67.2 Å². The molecule has 0 aliphatic heterocycles. The number of nitrogens with zero attached hydrogens (tertiary/aromatic N) is 1. The van der Waals surface area contributed by atoms with Crippen molar-refractivity contribution in [2.45, 2.75) is 13.3 Å². The molecule has 0 unspecified atom stereocenters. The van der Waals surface area contributed by atoms with Crippen LogP contribution in [0.5, 0.6) is 11.5 Å². The number of rotatable bonds is 6. The lowest BCUT2D eigenvalue weighted by Gasteiger charge is -2.05. The van der Waals surface area contributed by atoms with Gasteiger partial charge in [0.25, 0.3) is 0 Å². The fraction of sp³-hybridized carbons (Fsp3) is 0.188. The van der Waals surface area contributed by atoms with Gasteiger partial charge in [0, 0.05) is 0 Å². The highest BCUT2D eigenvalue weighted by molar-refractivity contribution is 7.95. The summed E-state index contributed by atoms with van der Waals surface area (Å²) in [5.74, 6) is 1.16. The summed E-state index contributed by atoms with van der Waals surface area (Å²) in [5.41, 5.74) is 0. The van der Waals surface area contributed by atoms with Gasteiger partial charge < -0.3 is 4.74 Å². The number of benzene rings is 1. The molecule has 0 aliphatic rings. The summed E-state index contributed by atoms with van der Waals surface area (Å²) in [5, 5.41) is 10.9. The second-order valence-corrected chi connectivity index (χ2v) is 7.53. The molecule has 0 fully saturated rings. The van der Waals surface area contributed by atoms with Gasteiger partial charge in [0.1, 0.15) is 22.5 Å². The molecule has 4 nitrogen and oxygen atoms in total. The lowest BCUT2D eigenvalue weighted by Crippen LogP contribution is -2.07. The third-order valence-corrected chi connectivity index (χ3v) is 5.48. The Morgan fingerprint density at radius 1 is 1.32 bits per heavy atom. The molecule has 2 rings (SSSR count). The van der Waals surface area contributed by atoms with E-state index >= 15 is 0 Å². The molecule has 0 amide bonds. The lowest BCUT2D eigenvalue weighted by atomic mass is 10.3. The first-order valence-corrected chi connectivity index (χ1v) is 9.25. The van der Waals surface area contributed by atoms with E-state index in [-0.39, 0.29) is 10.7 Å². The van der Waals surface area contributed by atoms with Crippen LogP contribution in [0.25, 0.3) is 6.08 Å². The van der Waals surface area contributed by atoms with Crippen LogP contribution in [0.2, 0.25) is 0 Å². The molecule has 0 bridgehead atoms. The fourth-order valence-corrected chi connectivity index (χ4v) is 3.82. The summed E-state index contributed by atoms with van der Waals surface area (Å²) in [4.78, 5) is 0.384. The van der Waals surface area contributed by atoms with Crippen molar-refractivity contribution in [3.05, 3.63) is 51.6 Å². The first kappa shape index (κ1) is 16.3. The molecule has 114 valence electrons. The number of sulfone groups is 1. The molecule has 6 heteroatoms. The van der Waals surface area contributed by atoms with Crippen LogP contribution in [0.15, 0.2) is 46.7 Å². The number of thiophene rings is 1. The highest BCUT2D eigenvalue weighted by atomic mass is 32.2. The van der Waals surface area contributed by atoms with E-state index in [0.717, 1.165) is 0 Å². The Morgan fingerprint density at radius 3 is 2.68 bits per heavy atom. The van der Waals surface area contributed by atoms with Crippen LogP contribution in [0.3, 0.4) is 0 Å². The molecule has 0 saturated heterocycles. The largest absolute Gasteiger partial charge is 0.456 e. The maximum atomic E-state index is 12.0. The molecule has 0 saturated carbocycles. The Balaban J connectivity index is 2.33. The molecule has 22 heavy (non-hydrogen) atoms. The van der Waals surface area contributed by atoms with Crippen molar-refractivity contribution >= 4 is 27.3 Å². The second kappa shape index (κ2) is 7.25. The average Bonchev–Trinajstić information content (AvgIpc) is 2.92. The average molecular weight is 333 g/mol. The van der Waals surface area contributed by atoms with Crippen LogP contribution in [-0.4, -0.2) is 14.2 Å². The Labute approximate surface area is 134 Å². The Bertz CT molecular complexity index is 799. The van der Waals surface area contributed by atoms with Gasteiger partial charge in [-0.05, 0) is 36.1 Å². The van der Waals surface area contributed by atoms with Crippen molar-refractivity contribution < 1.29 is 13.2 Å². The summed E-state index contributed by atoms with van der Waals surface area (Å²) in [6.45, 7) is 1.77. The van der Waals surface area contributed by atoms with Crippen molar-refractivity contribution in [1.82, 2.24) is 0 Å². The monoisotopic (exact) mass is 333 g/mol. The van der Waals surface area contributed by atoms with E-state index in [1.165, 1.54) is 17.4 Å². The molecule has 0 spiro atoms. The molecular weight excluding hydrogens is 318 g/mol. The molecule has 0 atom stereocenters. The minimum Gasteiger partial charge on any atom is -0.456 e. The summed E-state index contributed by atoms with van der Waals surface area (Å²) in [7, 11) is -3.54. The number of hydrogen-bond donors (Lipinski definition) is 0. The molecule has 0 radical (unpaired) electrons. The van der Waals surface area contributed by atoms with Crippen molar-refractivity contribution in [3.63, 3.8) is 0 Å². The standard InChI is InChI=1S/C16H15NO3S2/c1-2-10-22(18,19)14(12-17)11-16-15(8-9-21-16)20-13-6-4-3-5-7-13/h3-9,11H,2,10H2,1H3/b14-11+. The van der Waals surface area contributed by atoms with Gasteiger partial charge in [-0.3, -0.25) is 0 Å². The molecular formula is C16H15NO3S2. The van der Waals surface area contributed by atoms with E-state index in [9.17, 15) is 8.42 Å². The Kier molecular flexibility index (Phi) is 5.36. The molecule has 1 heterocycles. The summed E-state index contributed by atoms with van der Waals surface area (Å²) in [6.07, 6.45) is 1.85. The first-order chi connectivity index (χ1) is 10.6. The smallest absolute Gasteiger partial charge is 0.188 e. The van der Waals surface area contributed by atoms with Gasteiger partial charge >= 0.3 is 0 Å². The number of para-hydroxylation sites is 1. The number of hydrogen-bond acceptors (Lipinski definition) is 5. The zero-order valence-electron chi connectivity index (χ0n) is 12.0. The van der Waals surface area contributed by atoms with Crippen molar-refractivity contribution in [2.24, 2.45) is 0 Å². The molecule has 0 aliphatic carbocycles. The Hall–Kier alpha value is -2.10. The van der Waals surface area contributed by atoms with E-state index in [4.69, 9.17) is 10.00 Å². The molecule has 0 N–H and O–H groups in total. The van der Waals surface area contributed by atoms with Crippen LogP contribution in [0, 0.1) is 11.3 Å². The van der Waals surface area contributed by atoms with E-state index in [1.807, 2.05) is 30.3 Å². The zero-order valence-corrected chi connectivity index (χ0v) is 13.7. The Morgan fingerprint density at radius 2 is 2.05 bits per heavy atom. The second-order valence-electron chi connectivity index (χ2n) is 4.50. The van der Waals surface area contributed by atoms with Gasteiger partial charge in [0.2, 0.25) is 0 Å². The van der Waals surface area contributed by atoms with Crippen molar-refractivity contribution in [2.75, 3.05) is 5.75 Å². The van der Waals surface area contributed by atoms with Gasteiger partial charge in [0.15, 0.2) is 9.84 Å². The van der Waals surface area contributed by atoms with Gasteiger partial charge in [-0.25, -0.2) is 8.42 Å². The van der Waals surface area contributed by atoms with Crippen LogP contribution < -0.4 is 4.74 Å². The minimum absolute atomic E-state index is 0.0351. The lowest BCUT2D eigenvalue weighted by molar-refractivity contribution is 0.484. The normalized spacial score (nSPS) is 11.9. The molecule has 1 aromatic carbocycles. The molecule has 1 aromatic heterocycles. The first-order valence-electron chi connectivity index (χ1n) is 6.71. The van der Waals surface area contributed by atoms with Crippen molar-refractivity contribution in [3.8, 4) is 17.6 Å². The summed E-state index contributed by atoms with van der Waals surface area (Å²) in [6, 6.07) is 12.7. The maximum absolute atomic E-state index is 12.0. The van der Waals surface area contributed by atoms with E-state index in [1.54, 1.807) is 24.4 Å². The van der Waals surface area contributed by atoms with Crippen LogP contribution in [0.1, 0.15) is 18.2 Å². The van der Waals surface area contributed by atoms with E-state index in [0.29, 0.717) is 22.8 Å². The number of allylic oxidation sites excluding steroid dienone is 1. The van der Waals surface area contributed by atoms with Crippen LogP contribution in [-0.2, 0) is 9.84 Å². The maximum Gasteiger partial charge on any atom is 0.188 e. The predicted molar refractivity (Wildman–Crippen MR) is 88.5 cm³/mol. The van der Waals surface area contributed by atoms with Crippen LogP contribution >= 0.6 is 11.3 Å². The third kappa shape index (κ3) is 3.97. The quantitative estimate of drug-likeness (QED) is 0.742. The number of nitriles is 1. The van der Waals surface area contributed by atoms with Crippen LogP contribution in [0.4, 0.5) is 0 Å². The number of ether oxygens (including phenoxy) is 1. The summed E-state index contributed by atoms with van der Waals surface area (Å²) < 4.78 is 29.8. The predicted octanol–water partition coefficient (Wildman–Crippen LogP) is 4.23. The fourth-order valence-electron chi connectivity index (χ4n) is 1.80. The van der Waals surface area contributed by atoms with Gasteiger partial charge in [0.05, 0.1) is 10.6 Å². The SMILES string of the molecule is CCCS(=O)(=O)/C(C#N)=C/c1sccc1Oc1ccccc1. The summed E-state index contributed by atoms with van der Waals surface area (Å²) >= 11 is 1.33. The highest BCUT2D eigenvalue weighted by Gasteiger charge is 2.18. The zero-order chi connectivity index (χ0) is 16.0. The van der Waals surface area contributed by atoms with Gasteiger partial charge in [-0.15, -0.1) is 11.3 Å². The highest BCUT2D eigenvalue weighted by Crippen LogP contribution is 2.32. The third-order valence-electron chi connectivity index (χ3n) is 2.81. The van der Waals surface area contributed by atoms with Gasteiger partial charge in [-0.1, -0.05) is 25.1 Å². The van der Waals surface area contributed by atoms with Gasteiger partial charge in [-0.2, -0.15) is 5.26 Å².